The lowest BCUT2D eigenvalue weighted by molar-refractivity contribution is -0.133. The van der Waals surface area contributed by atoms with Gasteiger partial charge < -0.3 is 15.3 Å². The van der Waals surface area contributed by atoms with E-state index < -0.39 is 0 Å². The first kappa shape index (κ1) is 13.4. The smallest absolute Gasteiger partial charge is 0.237 e. The van der Waals surface area contributed by atoms with Crippen molar-refractivity contribution in [2.45, 2.75) is 63.6 Å². The van der Waals surface area contributed by atoms with E-state index in [9.17, 15) is 9.90 Å². The third kappa shape index (κ3) is 3.29. The Morgan fingerprint density at radius 1 is 1.21 bits per heavy atom. The zero-order valence-corrected chi connectivity index (χ0v) is 11.8. The normalized spacial score (nSPS) is 26.0. The number of aliphatic hydroxyl groups excluding tert-OH is 1. The highest BCUT2D eigenvalue weighted by molar-refractivity contribution is 5.79. The van der Waals surface area contributed by atoms with Crippen LogP contribution in [0.3, 0.4) is 0 Å². The van der Waals surface area contributed by atoms with Crippen LogP contribution in [0.1, 0.15) is 45.4 Å². The summed E-state index contributed by atoms with van der Waals surface area (Å²) in [6, 6.07) is 1.04. The number of hydrogen-bond acceptors (Lipinski definition) is 3. The van der Waals surface area contributed by atoms with Crippen LogP contribution in [-0.2, 0) is 4.79 Å². The van der Waals surface area contributed by atoms with Crippen LogP contribution < -0.4 is 5.32 Å². The van der Waals surface area contributed by atoms with Crippen LogP contribution in [0.25, 0.3) is 0 Å². The van der Waals surface area contributed by atoms with Gasteiger partial charge in [-0.05, 0) is 57.3 Å². The van der Waals surface area contributed by atoms with Crippen molar-refractivity contribution in [2.24, 2.45) is 11.8 Å². The van der Waals surface area contributed by atoms with Gasteiger partial charge in [0.15, 0.2) is 0 Å². The molecule has 108 valence electrons. The van der Waals surface area contributed by atoms with Crippen molar-refractivity contribution in [1.82, 2.24) is 10.2 Å². The summed E-state index contributed by atoms with van der Waals surface area (Å²) in [6.45, 7) is 2.76. The Balaban J connectivity index is 1.51. The van der Waals surface area contributed by atoms with Crippen molar-refractivity contribution in [2.75, 3.05) is 13.2 Å². The van der Waals surface area contributed by atoms with Crippen LogP contribution >= 0.6 is 0 Å². The predicted octanol–water partition coefficient (Wildman–Crippen LogP) is 1.14. The Morgan fingerprint density at radius 2 is 1.84 bits per heavy atom. The third-order valence-electron chi connectivity index (χ3n) is 4.87. The Kier molecular flexibility index (Phi) is 3.81. The van der Waals surface area contributed by atoms with Gasteiger partial charge in [0.25, 0.3) is 0 Å². The fourth-order valence-electron chi connectivity index (χ4n) is 3.11. The standard InChI is InChI=1S/C15H26N2O2/c1-10(11-2-3-11)17(13-6-7-13)15(19)8-16-14(9-18)12-4-5-12/h10-14,16,18H,2-9H2,1H3/t10-,14+/m1/s1. The molecule has 3 fully saturated rings. The fourth-order valence-corrected chi connectivity index (χ4v) is 3.11. The van der Waals surface area contributed by atoms with Gasteiger partial charge in [-0.25, -0.2) is 0 Å². The minimum absolute atomic E-state index is 0.126. The molecule has 3 aliphatic rings. The summed E-state index contributed by atoms with van der Waals surface area (Å²) in [6.07, 6.45) is 7.30. The lowest BCUT2D eigenvalue weighted by Crippen LogP contribution is -2.48. The number of amides is 1. The Bertz CT molecular complexity index is 335. The molecule has 0 unspecified atom stereocenters. The molecule has 0 heterocycles. The molecule has 3 aliphatic carbocycles. The quantitative estimate of drug-likeness (QED) is 0.692. The summed E-state index contributed by atoms with van der Waals surface area (Å²) in [7, 11) is 0. The second-order valence-electron chi connectivity index (χ2n) is 6.62. The van der Waals surface area contributed by atoms with Crippen LogP contribution in [0.4, 0.5) is 0 Å². The molecule has 19 heavy (non-hydrogen) atoms. The van der Waals surface area contributed by atoms with Crippen molar-refractivity contribution < 1.29 is 9.90 Å². The summed E-state index contributed by atoms with van der Waals surface area (Å²) in [4.78, 5) is 14.6. The highest BCUT2D eigenvalue weighted by Crippen LogP contribution is 2.39. The molecule has 2 N–H and O–H groups in total. The number of nitrogens with zero attached hydrogens (tertiary/aromatic N) is 1. The van der Waals surface area contributed by atoms with Crippen LogP contribution in [0.5, 0.6) is 0 Å². The minimum atomic E-state index is 0.126. The largest absolute Gasteiger partial charge is 0.395 e. The molecular weight excluding hydrogens is 240 g/mol. The molecule has 0 saturated heterocycles. The van der Waals surface area contributed by atoms with Crippen molar-refractivity contribution in [1.29, 1.82) is 0 Å². The molecule has 0 bridgehead atoms. The first-order valence-electron chi connectivity index (χ1n) is 7.86. The summed E-state index contributed by atoms with van der Waals surface area (Å²) in [5.74, 6) is 1.57. The van der Waals surface area contributed by atoms with Gasteiger partial charge in [0, 0.05) is 18.1 Å². The predicted molar refractivity (Wildman–Crippen MR) is 73.7 cm³/mol. The van der Waals surface area contributed by atoms with Gasteiger partial charge in [0.05, 0.1) is 13.2 Å². The number of hydrogen-bond donors (Lipinski definition) is 2. The molecule has 4 nitrogen and oxygen atoms in total. The van der Waals surface area contributed by atoms with E-state index in [1.165, 1.54) is 38.5 Å². The topological polar surface area (TPSA) is 52.6 Å². The van der Waals surface area contributed by atoms with E-state index in [0.29, 0.717) is 24.5 Å². The van der Waals surface area contributed by atoms with Gasteiger partial charge in [-0.15, -0.1) is 0 Å². The van der Waals surface area contributed by atoms with Crippen molar-refractivity contribution >= 4 is 5.91 Å². The van der Waals surface area contributed by atoms with E-state index >= 15 is 0 Å². The van der Waals surface area contributed by atoms with Crippen LogP contribution in [0.2, 0.25) is 0 Å². The molecule has 1 amide bonds. The number of carbonyl (C=O) groups excluding carboxylic acids is 1. The molecule has 4 heteroatoms. The lowest BCUT2D eigenvalue weighted by Gasteiger charge is -2.30. The summed E-state index contributed by atoms with van der Waals surface area (Å²) in [5, 5.41) is 12.6. The highest BCUT2D eigenvalue weighted by Gasteiger charge is 2.41. The van der Waals surface area contributed by atoms with Crippen molar-refractivity contribution in [3.63, 3.8) is 0 Å². The van der Waals surface area contributed by atoms with Crippen LogP contribution in [0.15, 0.2) is 0 Å². The monoisotopic (exact) mass is 266 g/mol. The number of carbonyl (C=O) groups is 1. The summed E-state index contributed by atoms with van der Waals surface area (Å²) in [5.41, 5.74) is 0. The first-order valence-corrected chi connectivity index (χ1v) is 7.86. The van der Waals surface area contributed by atoms with Crippen molar-refractivity contribution in [3.05, 3.63) is 0 Å². The van der Waals surface area contributed by atoms with Crippen LogP contribution in [0, 0.1) is 11.8 Å². The molecule has 0 aromatic heterocycles. The molecule has 0 aromatic carbocycles. The highest BCUT2D eigenvalue weighted by atomic mass is 16.3. The Hall–Kier alpha value is -0.610. The average molecular weight is 266 g/mol. The van der Waals surface area contributed by atoms with Crippen LogP contribution in [-0.4, -0.2) is 47.2 Å². The van der Waals surface area contributed by atoms with Crippen molar-refractivity contribution in [3.8, 4) is 0 Å². The molecule has 2 atom stereocenters. The number of nitrogens with one attached hydrogen (secondary N) is 1. The number of rotatable bonds is 8. The molecule has 3 rings (SSSR count). The van der Waals surface area contributed by atoms with Gasteiger partial charge in [0.2, 0.25) is 5.91 Å². The molecular formula is C15H26N2O2. The van der Waals surface area contributed by atoms with E-state index in [1.807, 2.05) is 0 Å². The maximum Gasteiger partial charge on any atom is 0.237 e. The second kappa shape index (κ2) is 5.41. The van der Waals surface area contributed by atoms with E-state index in [2.05, 4.69) is 17.1 Å². The number of aliphatic hydroxyl groups is 1. The van der Waals surface area contributed by atoms with E-state index in [-0.39, 0.29) is 18.6 Å². The Labute approximate surface area is 115 Å². The SMILES string of the molecule is C[C@H](C1CC1)N(C(=O)CN[C@@H](CO)C1CC1)C1CC1. The fraction of sp³-hybridized carbons (Fsp3) is 0.933. The van der Waals surface area contributed by atoms with E-state index in [1.54, 1.807) is 0 Å². The maximum atomic E-state index is 12.4. The molecule has 3 saturated carbocycles. The van der Waals surface area contributed by atoms with E-state index in [0.717, 1.165) is 5.92 Å². The molecule has 0 radical (unpaired) electrons. The van der Waals surface area contributed by atoms with Gasteiger partial charge in [0.1, 0.15) is 0 Å². The van der Waals surface area contributed by atoms with E-state index in [4.69, 9.17) is 0 Å². The summed E-state index contributed by atoms with van der Waals surface area (Å²) >= 11 is 0. The van der Waals surface area contributed by atoms with Gasteiger partial charge in [-0.1, -0.05) is 0 Å². The van der Waals surface area contributed by atoms with Gasteiger partial charge in [-0.2, -0.15) is 0 Å². The summed E-state index contributed by atoms with van der Waals surface area (Å²) < 4.78 is 0. The van der Waals surface area contributed by atoms with Gasteiger partial charge in [-0.3, -0.25) is 4.79 Å². The maximum absolute atomic E-state index is 12.4. The minimum Gasteiger partial charge on any atom is -0.395 e. The zero-order valence-electron chi connectivity index (χ0n) is 11.8. The average Bonchev–Trinajstić information content (AvgIpc) is 3.26. The second-order valence-corrected chi connectivity index (χ2v) is 6.62. The van der Waals surface area contributed by atoms with Gasteiger partial charge >= 0.3 is 0 Å². The third-order valence-corrected chi connectivity index (χ3v) is 4.87. The molecule has 0 aliphatic heterocycles. The first-order chi connectivity index (χ1) is 9.20. The molecule has 0 spiro atoms. The lowest BCUT2D eigenvalue weighted by atomic mass is 10.1. The molecule has 0 aromatic rings. The zero-order chi connectivity index (χ0) is 13.4. The Morgan fingerprint density at radius 3 is 2.32 bits per heavy atom.